The third-order valence-corrected chi connectivity index (χ3v) is 10.0. The van der Waals surface area contributed by atoms with E-state index in [0.717, 1.165) is 0 Å². The summed E-state index contributed by atoms with van der Waals surface area (Å²) in [7, 11) is -0.359. The Labute approximate surface area is 206 Å². The lowest BCUT2D eigenvalue weighted by atomic mass is 9.96. The molecule has 1 aliphatic heterocycles. The zero-order valence-corrected chi connectivity index (χ0v) is 22.2. The molecule has 4 rings (SSSR count). The predicted molar refractivity (Wildman–Crippen MR) is 136 cm³/mol. The first-order valence-corrected chi connectivity index (χ1v) is 14.5. The number of aliphatic hydroxyl groups excluding tert-OH is 2. The van der Waals surface area contributed by atoms with Crippen LogP contribution in [0.25, 0.3) is 11.2 Å². The minimum atomic E-state index is -1.68. The van der Waals surface area contributed by atoms with Crippen LogP contribution in [-0.4, -0.2) is 74.0 Å². The van der Waals surface area contributed by atoms with Crippen molar-refractivity contribution < 1.29 is 24.9 Å². The molecule has 4 N–H and O–H groups in total. The number of nitrogens with zero attached hydrogens (tertiary/aromatic N) is 4. The molecule has 1 aromatic carbocycles. The van der Waals surface area contributed by atoms with Crippen molar-refractivity contribution in [1.82, 2.24) is 19.5 Å². The summed E-state index contributed by atoms with van der Waals surface area (Å²) in [5, 5.41) is 33.6. The van der Waals surface area contributed by atoms with Crippen LogP contribution in [0.1, 0.15) is 44.3 Å². The van der Waals surface area contributed by atoms with Gasteiger partial charge in [-0.15, -0.1) is 0 Å². The molecule has 0 radical (unpaired) electrons. The molecule has 0 unspecified atom stereocenters. The Bertz CT molecular complexity index is 1150. The Hall–Kier alpha value is -2.70. The van der Waals surface area contributed by atoms with Gasteiger partial charge in [0.05, 0.1) is 12.9 Å². The zero-order chi connectivity index (χ0) is 26.0. The van der Waals surface area contributed by atoms with Gasteiger partial charge in [-0.3, -0.25) is 9.36 Å². The molecular weight excluding hydrogens is 466 g/mol. The molecule has 35 heavy (non-hydrogen) atoms. The molecule has 2 aromatic heterocycles. The highest BCUT2D eigenvalue weighted by Gasteiger charge is 2.53. The third kappa shape index (κ3) is 5.76. The van der Waals surface area contributed by atoms with Crippen LogP contribution in [0.5, 0.6) is 0 Å². The smallest absolute Gasteiger partial charge is 0.256 e. The number of hydrogen-bond acceptors (Lipinski definition) is 8. The molecule has 3 heterocycles. The largest absolute Gasteiger partial charge is 0.394 e. The van der Waals surface area contributed by atoms with Gasteiger partial charge in [0, 0.05) is 14.4 Å². The van der Waals surface area contributed by atoms with Gasteiger partial charge < -0.3 is 25.4 Å². The normalized spacial score (nSPS) is 24.3. The molecule has 0 aliphatic carbocycles. The van der Waals surface area contributed by atoms with E-state index in [1.165, 1.54) is 24.1 Å². The molecule has 11 heteroatoms. The fraction of sp³-hybridized carbons (Fsp3) is 0.500. The van der Waals surface area contributed by atoms with Crippen LogP contribution < -0.4 is 5.32 Å². The Morgan fingerprint density at radius 3 is 2.37 bits per heavy atom. The topological polar surface area (TPSA) is 143 Å². The maximum Gasteiger partial charge on any atom is 0.256 e. The quantitative estimate of drug-likeness (QED) is 0.399. The Kier molecular flexibility index (Phi) is 8.07. The van der Waals surface area contributed by atoms with Gasteiger partial charge in [-0.1, -0.05) is 52.1 Å². The number of hydrogen-bond donors (Lipinski definition) is 4. The van der Waals surface area contributed by atoms with Crippen LogP contribution in [0.3, 0.4) is 0 Å². The lowest BCUT2D eigenvalue weighted by Gasteiger charge is -2.27. The summed E-state index contributed by atoms with van der Waals surface area (Å²) in [5.74, 6) is -0.149. The number of nitrogens with one attached hydrogen (secondary N) is 1. The van der Waals surface area contributed by atoms with E-state index in [-0.39, 0.29) is 20.5 Å². The van der Waals surface area contributed by atoms with Gasteiger partial charge in [-0.05, 0) is 24.1 Å². The second-order valence-corrected chi connectivity index (χ2v) is 14.3. The van der Waals surface area contributed by atoms with Gasteiger partial charge in [-0.25, -0.2) is 15.0 Å². The van der Waals surface area contributed by atoms with E-state index < -0.39 is 30.6 Å². The molecule has 190 valence electrons. The van der Waals surface area contributed by atoms with E-state index >= 15 is 0 Å². The first-order valence-electron chi connectivity index (χ1n) is 11.6. The predicted octanol–water partition coefficient (Wildman–Crippen LogP) is 2.35. The minimum absolute atomic E-state index is 0.203. The minimum Gasteiger partial charge on any atom is -0.394 e. The van der Waals surface area contributed by atoms with E-state index in [1.54, 1.807) is 24.3 Å². The fourth-order valence-electron chi connectivity index (χ4n) is 3.27. The molecule has 3 aromatic rings. The lowest BCUT2D eigenvalue weighted by molar-refractivity contribution is -0.0950. The molecular formula is C24H35N5O5Si. The van der Waals surface area contributed by atoms with Crippen molar-refractivity contribution in [1.29, 1.82) is 0 Å². The highest BCUT2D eigenvalue weighted by atomic mass is 28.3. The van der Waals surface area contributed by atoms with Crippen LogP contribution >= 0.6 is 0 Å². The van der Waals surface area contributed by atoms with E-state index in [1.807, 2.05) is 6.07 Å². The van der Waals surface area contributed by atoms with Crippen LogP contribution in [0.4, 0.5) is 5.82 Å². The summed E-state index contributed by atoms with van der Waals surface area (Å²) in [6.07, 6.45) is -0.638. The van der Waals surface area contributed by atoms with Gasteiger partial charge >= 0.3 is 0 Å². The van der Waals surface area contributed by atoms with Crippen LogP contribution in [0.15, 0.2) is 43.0 Å². The number of carbonyl (C=O) groups excluding carboxylic acids is 1. The SMILES string of the molecule is C[C@@]1(O)[C@H](O)[C@@H](CO)O[C@H]1n1cnc2c(NC(=O)c3ccccc3)ncnc21.C[SiH](C)C(C)(C)C. The molecule has 1 aliphatic rings. The van der Waals surface area contributed by atoms with Crippen molar-refractivity contribution in [2.75, 3.05) is 11.9 Å². The number of fused-ring (bicyclic) bond motifs is 1. The number of aliphatic hydroxyl groups is 3. The van der Waals surface area contributed by atoms with Gasteiger partial charge in [0.25, 0.3) is 5.91 Å². The van der Waals surface area contributed by atoms with Crippen molar-refractivity contribution in [3.63, 3.8) is 0 Å². The lowest BCUT2D eigenvalue weighted by Crippen LogP contribution is -2.44. The molecule has 0 spiro atoms. The number of benzene rings is 1. The molecule has 4 atom stereocenters. The highest BCUT2D eigenvalue weighted by Crippen LogP contribution is 2.39. The number of aromatic nitrogens is 4. The summed E-state index contributed by atoms with van der Waals surface area (Å²) in [5.41, 5.74) is -0.619. The van der Waals surface area contributed by atoms with Gasteiger partial charge in [0.2, 0.25) is 0 Å². The number of amides is 1. The number of rotatable bonds is 4. The molecule has 10 nitrogen and oxygen atoms in total. The summed E-state index contributed by atoms with van der Waals surface area (Å²) in [6.45, 7) is 12.7. The van der Waals surface area contributed by atoms with E-state index in [9.17, 15) is 20.1 Å². The molecule has 0 bridgehead atoms. The van der Waals surface area contributed by atoms with Crippen molar-refractivity contribution in [2.24, 2.45) is 0 Å². The summed E-state index contributed by atoms with van der Waals surface area (Å²) >= 11 is 0. The number of ether oxygens (including phenoxy) is 1. The fourth-order valence-corrected chi connectivity index (χ4v) is 3.27. The number of anilines is 1. The third-order valence-electron chi connectivity index (χ3n) is 6.55. The first-order chi connectivity index (χ1) is 16.4. The number of imidazole rings is 1. The van der Waals surface area contributed by atoms with E-state index in [4.69, 9.17) is 4.74 Å². The maximum absolute atomic E-state index is 12.4. The zero-order valence-electron chi connectivity index (χ0n) is 21.0. The Morgan fingerprint density at radius 1 is 1.20 bits per heavy atom. The van der Waals surface area contributed by atoms with E-state index in [2.05, 4.69) is 54.1 Å². The second kappa shape index (κ2) is 10.5. The average Bonchev–Trinajstić information content (AvgIpc) is 3.33. The first kappa shape index (κ1) is 26.9. The molecule has 1 saturated heterocycles. The van der Waals surface area contributed by atoms with Crippen molar-refractivity contribution in [3.05, 3.63) is 48.5 Å². The monoisotopic (exact) mass is 501 g/mol. The van der Waals surface area contributed by atoms with Crippen molar-refractivity contribution in [3.8, 4) is 0 Å². The van der Waals surface area contributed by atoms with Crippen LogP contribution in [0.2, 0.25) is 18.1 Å². The summed E-state index contributed by atoms with van der Waals surface area (Å²) < 4.78 is 7.04. The van der Waals surface area contributed by atoms with Crippen LogP contribution in [0, 0.1) is 0 Å². The average molecular weight is 502 g/mol. The standard InChI is InChI=1S/C18H19N5O5.C6H16Si/c1-18(27)13(25)11(7-24)28-17(18)23-9-21-12-14(19-8-20-15(12)23)22-16(26)10-5-3-2-4-6-10;1-6(2,3)7(4)5/h2-6,8-9,11,13,17,24-25,27H,7H2,1H3,(H,19,20,22,26);7H,1-5H3/t11-,13-,17-,18-;/m1./s1. The second-order valence-electron chi connectivity index (χ2n) is 10.3. The molecule has 1 amide bonds. The summed E-state index contributed by atoms with van der Waals surface area (Å²) in [4.78, 5) is 24.9. The van der Waals surface area contributed by atoms with E-state index in [0.29, 0.717) is 21.8 Å². The van der Waals surface area contributed by atoms with Gasteiger partial charge in [0.1, 0.15) is 24.1 Å². The number of carbonyl (C=O) groups is 1. The maximum atomic E-state index is 12.4. The molecule has 1 fully saturated rings. The van der Waals surface area contributed by atoms with Crippen LogP contribution in [-0.2, 0) is 4.74 Å². The Balaban J connectivity index is 0.000000429. The van der Waals surface area contributed by atoms with Gasteiger partial charge in [0.15, 0.2) is 23.2 Å². The van der Waals surface area contributed by atoms with Crippen molar-refractivity contribution in [2.45, 2.75) is 69.9 Å². The molecule has 0 saturated carbocycles. The van der Waals surface area contributed by atoms with Crippen molar-refractivity contribution >= 4 is 31.7 Å². The highest BCUT2D eigenvalue weighted by molar-refractivity contribution is 6.59. The summed E-state index contributed by atoms with van der Waals surface area (Å²) in [6, 6.07) is 8.66. The Morgan fingerprint density at radius 2 is 1.83 bits per heavy atom. The van der Waals surface area contributed by atoms with Gasteiger partial charge in [-0.2, -0.15) is 0 Å².